The Labute approximate surface area is 145 Å². The van der Waals surface area contributed by atoms with Gasteiger partial charge in [-0.1, -0.05) is 11.6 Å². The van der Waals surface area contributed by atoms with Crippen LogP contribution < -0.4 is 10.1 Å². The van der Waals surface area contributed by atoms with E-state index in [1.54, 1.807) is 29.5 Å². The minimum atomic E-state index is 0.418. The van der Waals surface area contributed by atoms with E-state index in [9.17, 15) is 0 Å². The minimum absolute atomic E-state index is 0.418. The van der Waals surface area contributed by atoms with Crippen LogP contribution >= 0.6 is 22.9 Å². The van der Waals surface area contributed by atoms with Crippen molar-refractivity contribution in [3.63, 3.8) is 0 Å². The summed E-state index contributed by atoms with van der Waals surface area (Å²) in [7, 11) is 0. The van der Waals surface area contributed by atoms with Crippen molar-refractivity contribution in [2.45, 2.75) is 32.3 Å². The molecule has 0 aliphatic carbocycles. The largest absolute Gasteiger partial charge is 0.488 e. The van der Waals surface area contributed by atoms with Crippen LogP contribution in [0.2, 0.25) is 5.02 Å². The second-order valence-electron chi connectivity index (χ2n) is 5.63. The fourth-order valence-corrected chi connectivity index (χ4v) is 4.01. The molecular formula is C17H18ClN3OS. The van der Waals surface area contributed by atoms with Crippen molar-refractivity contribution < 1.29 is 4.74 Å². The number of nitriles is 1. The smallest absolute Gasteiger partial charge is 0.124 e. The summed E-state index contributed by atoms with van der Waals surface area (Å²) in [6, 6.07) is 7.18. The molecule has 1 aromatic carbocycles. The fourth-order valence-electron chi connectivity index (χ4n) is 2.65. The molecule has 0 radical (unpaired) electrons. The third kappa shape index (κ3) is 3.84. The number of piperidine rings is 1. The lowest BCUT2D eigenvalue weighted by Crippen LogP contribution is -2.26. The van der Waals surface area contributed by atoms with Crippen LogP contribution in [0.3, 0.4) is 0 Å². The second-order valence-corrected chi connectivity index (χ2v) is 7.15. The Morgan fingerprint density at radius 2 is 2.22 bits per heavy atom. The van der Waals surface area contributed by atoms with E-state index in [1.807, 2.05) is 13.0 Å². The standard InChI is InChI=1S/C17H18ClN3OS/c1-11-16(23-17(21-11)12-4-6-20-7-5-12)10-22-14-3-2-13(9-19)15(18)8-14/h2-3,8,12,20H,4-7,10H2,1H3. The first-order chi connectivity index (χ1) is 11.2. The zero-order valence-electron chi connectivity index (χ0n) is 12.9. The van der Waals surface area contributed by atoms with Gasteiger partial charge in [0.1, 0.15) is 18.4 Å². The molecule has 1 fully saturated rings. The van der Waals surface area contributed by atoms with Crippen LogP contribution in [0.15, 0.2) is 18.2 Å². The minimum Gasteiger partial charge on any atom is -0.488 e. The van der Waals surface area contributed by atoms with Crippen LogP contribution in [0.4, 0.5) is 0 Å². The van der Waals surface area contributed by atoms with E-state index in [2.05, 4.69) is 5.32 Å². The van der Waals surface area contributed by atoms with Gasteiger partial charge in [0.15, 0.2) is 0 Å². The van der Waals surface area contributed by atoms with E-state index in [0.717, 1.165) is 36.5 Å². The molecule has 1 saturated heterocycles. The van der Waals surface area contributed by atoms with Gasteiger partial charge in [0.05, 0.1) is 26.2 Å². The summed E-state index contributed by atoms with van der Waals surface area (Å²) in [5.41, 5.74) is 1.50. The first kappa shape index (κ1) is 16.3. The Morgan fingerprint density at radius 1 is 1.43 bits per heavy atom. The monoisotopic (exact) mass is 347 g/mol. The van der Waals surface area contributed by atoms with Crippen molar-refractivity contribution in [2.24, 2.45) is 0 Å². The van der Waals surface area contributed by atoms with Gasteiger partial charge in [-0.05, 0) is 45.0 Å². The van der Waals surface area contributed by atoms with E-state index in [4.69, 9.17) is 26.6 Å². The third-order valence-electron chi connectivity index (χ3n) is 4.03. The molecule has 1 aliphatic heterocycles. The van der Waals surface area contributed by atoms with Crippen LogP contribution in [0, 0.1) is 18.3 Å². The highest BCUT2D eigenvalue weighted by Gasteiger charge is 2.20. The maximum Gasteiger partial charge on any atom is 0.124 e. The summed E-state index contributed by atoms with van der Waals surface area (Å²) in [5.74, 6) is 1.24. The van der Waals surface area contributed by atoms with Gasteiger partial charge >= 0.3 is 0 Å². The third-order valence-corrected chi connectivity index (χ3v) is 5.63. The number of ether oxygens (including phenoxy) is 1. The number of thiazole rings is 1. The number of rotatable bonds is 4. The zero-order chi connectivity index (χ0) is 16.2. The molecule has 0 atom stereocenters. The Balaban J connectivity index is 1.67. The summed E-state index contributed by atoms with van der Waals surface area (Å²) < 4.78 is 5.82. The van der Waals surface area contributed by atoms with Crippen molar-refractivity contribution in [3.05, 3.63) is 44.4 Å². The summed E-state index contributed by atoms with van der Waals surface area (Å²) in [5, 5.41) is 13.9. The number of hydrogen-bond donors (Lipinski definition) is 1. The van der Waals surface area contributed by atoms with Gasteiger partial charge in [-0.15, -0.1) is 11.3 Å². The van der Waals surface area contributed by atoms with Crippen LogP contribution in [0.1, 0.15) is 39.9 Å². The first-order valence-corrected chi connectivity index (χ1v) is 8.86. The number of nitrogens with zero attached hydrogens (tertiary/aromatic N) is 2. The van der Waals surface area contributed by atoms with Gasteiger partial charge in [-0.2, -0.15) is 5.26 Å². The number of halogens is 1. The van der Waals surface area contributed by atoms with Crippen molar-refractivity contribution in [1.82, 2.24) is 10.3 Å². The SMILES string of the molecule is Cc1nc(C2CCNCC2)sc1COc1ccc(C#N)c(Cl)c1. The molecule has 1 N–H and O–H groups in total. The summed E-state index contributed by atoms with van der Waals surface area (Å²) in [6.45, 7) is 4.65. The maximum absolute atomic E-state index is 8.89. The summed E-state index contributed by atoms with van der Waals surface area (Å²) >= 11 is 7.78. The Hall–Kier alpha value is -1.61. The van der Waals surface area contributed by atoms with Crippen LogP contribution in [-0.4, -0.2) is 18.1 Å². The van der Waals surface area contributed by atoms with Gasteiger partial charge < -0.3 is 10.1 Å². The molecule has 0 saturated carbocycles. The highest BCUT2D eigenvalue weighted by Crippen LogP contribution is 2.31. The molecule has 0 unspecified atom stereocenters. The molecule has 2 heterocycles. The van der Waals surface area contributed by atoms with Gasteiger partial charge in [-0.3, -0.25) is 0 Å². The van der Waals surface area contributed by atoms with Crippen LogP contribution in [-0.2, 0) is 6.61 Å². The number of hydrogen-bond acceptors (Lipinski definition) is 5. The topological polar surface area (TPSA) is 57.9 Å². The fraction of sp³-hybridized carbons (Fsp3) is 0.412. The molecule has 2 aromatic rings. The Kier molecular flexibility index (Phi) is 5.16. The molecule has 3 rings (SSSR count). The number of benzene rings is 1. The average molecular weight is 348 g/mol. The predicted octanol–water partition coefficient (Wildman–Crippen LogP) is 4.02. The van der Waals surface area contributed by atoms with E-state index in [1.165, 1.54) is 5.01 Å². The van der Waals surface area contributed by atoms with Crippen molar-refractivity contribution in [1.29, 1.82) is 5.26 Å². The molecule has 0 bridgehead atoms. The molecule has 120 valence electrons. The van der Waals surface area contributed by atoms with E-state index < -0.39 is 0 Å². The van der Waals surface area contributed by atoms with E-state index in [0.29, 0.717) is 28.9 Å². The molecular weight excluding hydrogens is 330 g/mol. The lowest BCUT2D eigenvalue weighted by molar-refractivity contribution is 0.309. The van der Waals surface area contributed by atoms with E-state index in [-0.39, 0.29) is 0 Å². The average Bonchev–Trinajstić information content (AvgIpc) is 2.95. The first-order valence-electron chi connectivity index (χ1n) is 7.66. The Morgan fingerprint density at radius 3 is 2.91 bits per heavy atom. The molecule has 1 aromatic heterocycles. The van der Waals surface area contributed by atoms with Gasteiger partial charge in [-0.25, -0.2) is 4.98 Å². The van der Waals surface area contributed by atoms with Gasteiger partial charge in [0, 0.05) is 12.0 Å². The lowest BCUT2D eigenvalue weighted by Gasteiger charge is -2.20. The number of aryl methyl sites for hydroxylation is 1. The summed E-state index contributed by atoms with van der Waals surface area (Å²) in [4.78, 5) is 5.89. The predicted molar refractivity (Wildman–Crippen MR) is 92.2 cm³/mol. The zero-order valence-corrected chi connectivity index (χ0v) is 14.5. The second kappa shape index (κ2) is 7.31. The lowest BCUT2D eigenvalue weighted by atomic mass is 9.99. The van der Waals surface area contributed by atoms with Gasteiger partial charge in [0.2, 0.25) is 0 Å². The molecule has 6 heteroatoms. The molecule has 0 spiro atoms. The Bertz CT molecular complexity index is 732. The highest BCUT2D eigenvalue weighted by atomic mass is 35.5. The normalized spacial score (nSPS) is 15.3. The van der Waals surface area contributed by atoms with Gasteiger partial charge in [0.25, 0.3) is 0 Å². The van der Waals surface area contributed by atoms with Crippen molar-refractivity contribution in [3.8, 4) is 11.8 Å². The molecule has 23 heavy (non-hydrogen) atoms. The van der Waals surface area contributed by atoms with Crippen molar-refractivity contribution >= 4 is 22.9 Å². The quantitative estimate of drug-likeness (QED) is 0.907. The van der Waals surface area contributed by atoms with Crippen LogP contribution in [0.5, 0.6) is 5.75 Å². The molecule has 4 nitrogen and oxygen atoms in total. The highest BCUT2D eigenvalue weighted by molar-refractivity contribution is 7.11. The van der Waals surface area contributed by atoms with E-state index >= 15 is 0 Å². The van der Waals surface area contributed by atoms with Crippen molar-refractivity contribution in [2.75, 3.05) is 13.1 Å². The van der Waals surface area contributed by atoms with Crippen LogP contribution in [0.25, 0.3) is 0 Å². The molecule has 1 aliphatic rings. The molecule has 0 amide bonds. The number of nitrogens with one attached hydrogen (secondary N) is 1. The maximum atomic E-state index is 8.89. The number of aromatic nitrogens is 1. The summed E-state index contributed by atoms with van der Waals surface area (Å²) in [6.07, 6.45) is 2.30.